The molecule has 2 N–H and O–H groups in total. The molecule has 0 radical (unpaired) electrons. The molecule has 1 fully saturated rings. The number of anilines is 1. The van der Waals surface area contributed by atoms with E-state index in [4.69, 9.17) is 0 Å². The zero-order valence-electron chi connectivity index (χ0n) is 9.37. The predicted octanol–water partition coefficient (Wildman–Crippen LogP) is 1.51. The molecular formula is C13H14N2O2. The van der Waals surface area contributed by atoms with Gasteiger partial charge in [-0.3, -0.25) is 0 Å². The molecule has 0 bridgehead atoms. The average molecular weight is 230 g/mol. The summed E-state index contributed by atoms with van der Waals surface area (Å²) in [4.78, 5) is 6.43. The van der Waals surface area contributed by atoms with Crippen molar-refractivity contribution in [2.45, 2.75) is 12.5 Å². The van der Waals surface area contributed by atoms with Crippen LogP contribution in [0.4, 0.5) is 5.82 Å². The van der Waals surface area contributed by atoms with Crippen LogP contribution in [0.25, 0.3) is 10.8 Å². The summed E-state index contributed by atoms with van der Waals surface area (Å²) in [7, 11) is 0. The number of aliphatic hydroxyl groups excluding tert-OH is 1. The third-order valence-corrected chi connectivity index (χ3v) is 3.19. The molecule has 1 aliphatic rings. The maximum Gasteiger partial charge on any atom is 0.136 e. The molecule has 3 rings (SSSR count). The van der Waals surface area contributed by atoms with Crippen molar-refractivity contribution in [2.24, 2.45) is 0 Å². The Kier molecular flexibility index (Phi) is 2.37. The highest BCUT2D eigenvalue weighted by atomic mass is 16.3. The van der Waals surface area contributed by atoms with E-state index >= 15 is 0 Å². The number of β-amino-alcohol motifs (C(OH)–C–C–N with tert-alkyl or cyclic N) is 1. The first-order chi connectivity index (χ1) is 8.24. The topological polar surface area (TPSA) is 56.6 Å². The summed E-state index contributed by atoms with van der Waals surface area (Å²) in [6, 6.07) is 7.19. The van der Waals surface area contributed by atoms with Crippen LogP contribution in [0.3, 0.4) is 0 Å². The normalized spacial score (nSPS) is 20.1. The summed E-state index contributed by atoms with van der Waals surface area (Å²) in [6.07, 6.45) is 2.26. The molecule has 1 aliphatic heterocycles. The highest BCUT2D eigenvalue weighted by Gasteiger charge is 2.22. The van der Waals surface area contributed by atoms with Gasteiger partial charge < -0.3 is 15.1 Å². The first-order valence-electron chi connectivity index (χ1n) is 5.75. The predicted molar refractivity (Wildman–Crippen MR) is 66.2 cm³/mol. The number of nitrogens with zero attached hydrogens (tertiary/aromatic N) is 2. The maximum absolute atomic E-state index is 9.57. The van der Waals surface area contributed by atoms with Crippen molar-refractivity contribution in [3.05, 3.63) is 30.5 Å². The number of benzene rings is 1. The van der Waals surface area contributed by atoms with Gasteiger partial charge in [-0.25, -0.2) is 4.98 Å². The largest absolute Gasteiger partial charge is 0.508 e. The van der Waals surface area contributed by atoms with Crippen molar-refractivity contribution >= 4 is 16.6 Å². The molecule has 1 atom stereocenters. The van der Waals surface area contributed by atoms with E-state index in [1.807, 2.05) is 12.1 Å². The Labute approximate surface area is 99.1 Å². The molecule has 1 saturated heterocycles. The van der Waals surface area contributed by atoms with E-state index < -0.39 is 0 Å². The van der Waals surface area contributed by atoms with Gasteiger partial charge in [-0.1, -0.05) is 6.07 Å². The number of pyridine rings is 1. The number of phenolic OH excluding ortho intramolecular Hbond substituents is 1. The Morgan fingerprint density at radius 1 is 1.29 bits per heavy atom. The molecule has 1 aromatic carbocycles. The van der Waals surface area contributed by atoms with Gasteiger partial charge in [-0.05, 0) is 30.0 Å². The smallest absolute Gasteiger partial charge is 0.136 e. The first-order valence-corrected chi connectivity index (χ1v) is 5.75. The van der Waals surface area contributed by atoms with Crippen LogP contribution >= 0.6 is 0 Å². The van der Waals surface area contributed by atoms with Gasteiger partial charge in [0.25, 0.3) is 0 Å². The van der Waals surface area contributed by atoms with Crippen molar-refractivity contribution in [3.63, 3.8) is 0 Å². The van der Waals surface area contributed by atoms with Crippen LogP contribution in [-0.4, -0.2) is 34.4 Å². The Balaban J connectivity index is 2.12. The quantitative estimate of drug-likeness (QED) is 0.779. The van der Waals surface area contributed by atoms with Gasteiger partial charge >= 0.3 is 0 Å². The number of fused-ring (bicyclic) bond motifs is 1. The van der Waals surface area contributed by atoms with Crippen LogP contribution in [0.5, 0.6) is 5.75 Å². The minimum Gasteiger partial charge on any atom is -0.508 e. The first kappa shape index (κ1) is 10.4. The number of hydrogen-bond acceptors (Lipinski definition) is 4. The lowest BCUT2D eigenvalue weighted by atomic mass is 10.1. The lowest BCUT2D eigenvalue weighted by molar-refractivity contribution is 0.198. The molecule has 4 heteroatoms. The maximum atomic E-state index is 9.57. The monoisotopic (exact) mass is 230 g/mol. The molecule has 0 spiro atoms. The lowest BCUT2D eigenvalue weighted by Gasteiger charge is -2.18. The standard InChI is InChI=1S/C13H14N2O2/c16-10-2-1-9-3-5-14-13(12(9)7-10)15-6-4-11(17)8-15/h1-3,5,7,11,16-17H,4,6,8H2/t11-/m1/s1. The third-order valence-electron chi connectivity index (χ3n) is 3.19. The summed E-state index contributed by atoms with van der Waals surface area (Å²) in [5.74, 6) is 1.08. The minimum absolute atomic E-state index is 0.242. The van der Waals surface area contributed by atoms with E-state index in [1.54, 1.807) is 18.3 Å². The molecule has 4 nitrogen and oxygen atoms in total. The van der Waals surface area contributed by atoms with Crippen molar-refractivity contribution in [1.29, 1.82) is 0 Å². The average Bonchev–Trinajstić information content (AvgIpc) is 2.75. The molecule has 0 aliphatic carbocycles. The van der Waals surface area contributed by atoms with E-state index in [0.29, 0.717) is 6.54 Å². The van der Waals surface area contributed by atoms with Crippen LogP contribution < -0.4 is 4.90 Å². The third kappa shape index (κ3) is 1.80. The summed E-state index contributed by atoms with van der Waals surface area (Å²) in [6.45, 7) is 1.42. The molecule has 88 valence electrons. The summed E-state index contributed by atoms with van der Waals surface area (Å²) in [5.41, 5.74) is 0. The summed E-state index contributed by atoms with van der Waals surface area (Å²) < 4.78 is 0. The molecule has 2 heterocycles. The van der Waals surface area contributed by atoms with Crippen LogP contribution in [-0.2, 0) is 0 Å². The number of rotatable bonds is 1. The molecule has 17 heavy (non-hydrogen) atoms. The molecule has 2 aromatic rings. The van der Waals surface area contributed by atoms with Gasteiger partial charge in [-0.15, -0.1) is 0 Å². The van der Waals surface area contributed by atoms with Gasteiger partial charge in [0.15, 0.2) is 0 Å². The SMILES string of the molecule is Oc1ccc2ccnc(N3CC[C@@H](O)C3)c2c1. The van der Waals surface area contributed by atoms with E-state index in [2.05, 4.69) is 9.88 Å². The van der Waals surface area contributed by atoms with E-state index in [9.17, 15) is 10.2 Å². The number of hydrogen-bond donors (Lipinski definition) is 2. The second-order valence-corrected chi connectivity index (χ2v) is 4.43. The van der Waals surface area contributed by atoms with Crippen molar-refractivity contribution in [3.8, 4) is 5.75 Å². The van der Waals surface area contributed by atoms with E-state index in [1.165, 1.54) is 0 Å². The zero-order valence-corrected chi connectivity index (χ0v) is 9.37. The molecular weight excluding hydrogens is 216 g/mol. The van der Waals surface area contributed by atoms with Crippen molar-refractivity contribution < 1.29 is 10.2 Å². The van der Waals surface area contributed by atoms with Gasteiger partial charge in [0, 0.05) is 24.7 Å². The minimum atomic E-state index is -0.274. The van der Waals surface area contributed by atoms with E-state index in [0.717, 1.165) is 29.6 Å². The van der Waals surface area contributed by atoms with Crippen molar-refractivity contribution in [1.82, 2.24) is 4.98 Å². The van der Waals surface area contributed by atoms with Gasteiger partial charge in [0.1, 0.15) is 11.6 Å². The molecule has 0 amide bonds. The van der Waals surface area contributed by atoms with Crippen molar-refractivity contribution in [2.75, 3.05) is 18.0 Å². The number of aliphatic hydroxyl groups is 1. The number of aromatic hydroxyl groups is 1. The Bertz CT molecular complexity index is 556. The fraction of sp³-hybridized carbons (Fsp3) is 0.308. The Morgan fingerprint density at radius 2 is 2.18 bits per heavy atom. The summed E-state index contributed by atoms with van der Waals surface area (Å²) >= 11 is 0. The number of phenols is 1. The molecule has 1 aromatic heterocycles. The summed E-state index contributed by atoms with van der Waals surface area (Å²) in [5, 5.41) is 21.1. The van der Waals surface area contributed by atoms with Gasteiger partial charge in [0.05, 0.1) is 6.10 Å². The second kappa shape index (κ2) is 3.89. The highest BCUT2D eigenvalue weighted by molar-refractivity contribution is 5.93. The Morgan fingerprint density at radius 3 is 2.94 bits per heavy atom. The molecule has 0 unspecified atom stereocenters. The van der Waals surface area contributed by atoms with Gasteiger partial charge in [-0.2, -0.15) is 0 Å². The zero-order chi connectivity index (χ0) is 11.8. The highest BCUT2D eigenvalue weighted by Crippen LogP contribution is 2.29. The fourth-order valence-corrected chi connectivity index (χ4v) is 2.33. The fourth-order valence-electron chi connectivity index (χ4n) is 2.33. The van der Waals surface area contributed by atoms with Crippen LogP contribution in [0.15, 0.2) is 30.5 Å². The lowest BCUT2D eigenvalue weighted by Crippen LogP contribution is -2.22. The van der Waals surface area contributed by atoms with Crippen LogP contribution in [0, 0.1) is 0 Å². The second-order valence-electron chi connectivity index (χ2n) is 4.43. The molecule has 0 saturated carbocycles. The van der Waals surface area contributed by atoms with Crippen LogP contribution in [0.1, 0.15) is 6.42 Å². The number of aromatic nitrogens is 1. The van der Waals surface area contributed by atoms with Crippen LogP contribution in [0.2, 0.25) is 0 Å². The van der Waals surface area contributed by atoms with E-state index in [-0.39, 0.29) is 11.9 Å². The van der Waals surface area contributed by atoms with Gasteiger partial charge in [0.2, 0.25) is 0 Å². The Hall–Kier alpha value is -1.81.